The minimum absolute atomic E-state index is 0.0344. The van der Waals surface area contributed by atoms with Crippen molar-refractivity contribution in [3.63, 3.8) is 0 Å². The van der Waals surface area contributed by atoms with Gasteiger partial charge in [-0.05, 0) is 0 Å². The van der Waals surface area contributed by atoms with E-state index in [0.717, 1.165) is 6.07 Å². The maximum Gasteiger partial charge on any atom is 0.153 e. The summed E-state index contributed by atoms with van der Waals surface area (Å²) in [7, 11) is 2.63. The summed E-state index contributed by atoms with van der Waals surface area (Å²) in [5, 5.41) is -0.244. The summed E-state index contributed by atoms with van der Waals surface area (Å²) in [6.07, 6.45) is 0. The van der Waals surface area contributed by atoms with Crippen molar-refractivity contribution in [1.29, 1.82) is 0 Å². The fourth-order valence-corrected chi connectivity index (χ4v) is 1.31. The predicted octanol–water partition coefficient (Wildman–Crippen LogP) is 2.28. The van der Waals surface area contributed by atoms with Gasteiger partial charge >= 0.3 is 0 Å². The summed E-state index contributed by atoms with van der Waals surface area (Å²) in [4.78, 5) is 4.49. The molecule has 0 fully saturated rings. The van der Waals surface area contributed by atoms with E-state index in [2.05, 4.69) is 10.3 Å². The van der Waals surface area contributed by atoms with E-state index in [9.17, 15) is 8.78 Å². The van der Waals surface area contributed by atoms with Crippen LogP contribution in [0, 0.1) is 11.6 Å². The van der Waals surface area contributed by atoms with Crippen molar-refractivity contribution in [3.8, 4) is 5.75 Å². The molecule has 84 valence electrons. The fourth-order valence-electron chi connectivity index (χ4n) is 1.07. The van der Waals surface area contributed by atoms with Gasteiger partial charge in [0.25, 0.3) is 0 Å². The molecule has 0 saturated heterocycles. The lowest BCUT2D eigenvalue weighted by molar-refractivity contribution is 0.0850. The highest BCUT2D eigenvalue weighted by Gasteiger charge is 2.17. The van der Waals surface area contributed by atoms with Gasteiger partial charge in [-0.15, -0.1) is 0 Å². The van der Waals surface area contributed by atoms with Gasteiger partial charge in [0.2, 0.25) is 0 Å². The number of methoxy groups -OCH3 is 1. The van der Waals surface area contributed by atoms with Crippen LogP contribution in [-0.2, 0) is 11.4 Å². The monoisotopic (exact) mass is 237 g/mol. The van der Waals surface area contributed by atoms with Gasteiger partial charge in [0.1, 0.15) is 16.6 Å². The van der Waals surface area contributed by atoms with Crippen LogP contribution < -0.4 is 10.2 Å². The molecule has 3 nitrogen and oxygen atoms in total. The Hall–Kier alpha value is -0.910. The largest absolute Gasteiger partial charge is 0.495 e. The first-order valence-electron chi connectivity index (χ1n) is 4.08. The van der Waals surface area contributed by atoms with Crippen LogP contribution in [0.25, 0.3) is 0 Å². The third kappa shape index (κ3) is 2.56. The first-order chi connectivity index (χ1) is 7.11. The van der Waals surface area contributed by atoms with Gasteiger partial charge in [0.05, 0.1) is 20.8 Å². The highest BCUT2D eigenvalue weighted by molar-refractivity contribution is 6.32. The molecule has 6 heteroatoms. The third-order valence-electron chi connectivity index (χ3n) is 1.83. The van der Waals surface area contributed by atoms with Crippen LogP contribution in [0.2, 0.25) is 5.02 Å². The smallest absolute Gasteiger partial charge is 0.153 e. The number of nitrogens with one attached hydrogen (secondary N) is 1. The van der Waals surface area contributed by atoms with Crippen molar-refractivity contribution in [1.82, 2.24) is 5.48 Å². The van der Waals surface area contributed by atoms with E-state index < -0.39 is 11.6 Å². The molecule has 0 spiro atoms. The third-order valence-corrected chi connectivity index (χ3v) is 2.19. The molecular weight excluding hydrogens is 228 g/mol. The molecule has 0 aliphatic heterocycles. The minimum Gasteiger partial charge on any atom is -0.495 e. The molecule has 0 radical (unpaired) electrons. The first-order valence-corrected chi connectivity index (χ1v) is 4.45. The highest BCUT2D eigenvalue weighted by Crippen LogP contribution is 2.31. The molecule has 0 aromatic heterocycles. The average molecular weight is 238 g/mol. The summed E-state index contributed by atoms with van der Waals surface area (Å²) in [5.74, 6) is -1.62. The number of hydrogen-bond donors (Lipinski definition) is 1. The summed E-state index contributed by atoms with van der Waals surface area (Å²) in [5.41, 5.74) is 2.14. The number of benzene rings is 1. The maximum absolute atomic E-state index is 13.5. The lowest BCUT2D eigenvalue weighted by atomic mass is 10.2. The number of hydrogen-bond acceptors (Lipinski definition) is 3. The normalized spacial score (nSPS) is 10.5. The molecule has 0 unspecified atom stereocenters. The molecule has 0 aliphatic rings. The Bertz CT molecular complexity index is 360. The van der Waals surface area contributed by atoms with E-state index in [0.29, 0.717) is 0 Å². The Labute approximate surface area is 90.9 Å². The molecule has 1 N–H and O–H groups in total. The quantitative estimate of drug-likeness (QED) is 0.644. The van der Waals surface area contributed by atoms with Crippen molar-refractivity contribution < 1.29 is 18.4 Å². The summed E-state index contributed by atoms with van der Waals surface area (Å²) in [6, 6.07) is 1.03. The van der Waals surface area contributed by atoms with Crippen molar-refractivity contribution in [2.45, 2.75) is 6.54 Å². The van der Waals surface area contributed by atoms with Gasteiger partial charge < -0.3 is 9.57 Å². The Kier molecular flexibility index (Phi) is 4.26. The number of halogens is 3. The van der Waals surface area contributed by atoms with Crippen LogP contribution in [0.15, 0.2) is 6.07 Å². The van der Waals surface area contributed by atoms with Crippen LogP contribution in [-0.4, -0.2) is 14.2 Å². The van der Waals surface area contributed by atoms with E-state index >= 15 is 0 Å². The molecule has 0 heterocycles. The highest BCUT2D eigenvalue weighted by atomic mass is 35.5. The number of hydroxylamine groups is 1. The van der Waals surface area contributed by atoms with Gasteiger partial charge in [0, 0.05) is 11.6 Å². The topological polar surface area (TPSA) is 30.5 Å². The molecule has 1 aromatic carbocycles. The van der Waals surface area contributed by atoms with Gasteiger partial charge in [0.15, 0.2) is 5.82 Å². The average Bonchev–Trinajstić information content (AvgIpc) is 2.23. The molecule has 1 aromatic rings. The zero-order valence-corrected chi connectivity index (χ0v) is 8.99. The molecule has 0 bridgehead atoms. The summed E-state index contributed by atoms with van der Waals surface area (Å²) in [6.45, 7) is -0.113. The van der Waals surface area contributed by atoms with E-state index in [4.69, 9.17) is 16.3 Å². The zero-order valence-electron chi connectivity index (χ0n) is 8.23. The zero-order chi connectivity index (χ0) is 11.4. The Morgan fingerprint density at radius 2 is 2.07 bits per heavy atom. The molecule has 0 saturated carbocycles. The van der Waals surface area contributed by atoms with Gasteiger partial charge in [-0.25, -0.2) is 8.78 Å². The second-order valence-corrected chi connectivity index (χ2v) is 3.07. The molecule has 15 heavy (non-hydrogen) atoms. The maximum atomic E-state index is 13.5. The van der Waals surface area contributed by atoms with Crippen molar-refractivity contribution >= 4 is 11.6 Å². The molecule has 0 aliphatic carbocycles. The van der Waals surface area contributed by atoms with Crippen molar-refractivity contribution in [3.05, 3.63) is 28.3 Å². The molecular formula is C9H10ClF2NO2. The standard InChI is InChI=1S/C9H10ClF2NO2/c1-14-7-3-6(11)5(4-13-15-2)9(12)8(7)10/h3,13H,4H2,1-2H3. The van der Waals surface area contributed by atoms with Crippen LogP contribution in [0.3, 0.4) is 0 Å². The van der Waals surface area contributed by atoms with Crippen LogP contribution in [0.5, 0.6) is 5.75 Å². The summed E-state index contributed by atoms with van der Waals surface area (Å²) < 4.78 is 31.5. The van der Waals surface area contributed by atoms with E-state index in [1.165, 1.54) is 14.2 Å². The molecule has 1 rings (SSSR count). The molecule has 0 amide bonds. The lowest BCUT2D eigenvalue weighted by Gasteiger charge is -2.10. The Morgan fingerprint density at radius 3 is 2.60 bits per heavy atom. The Balaban J connectivity index is 3.11. The Morgan fingerprint density at radius 1 is 1.40 bits per heavy atom. The number of rotatable bonds is 4. The van der Waals surface area contributed by atoms with Crippen molar-refractivity contribution in [2.75, 3.05) is 14.2 Å². The van der Waals surface area contributed by atoms with Crippen LogP contribution >= 0.6 is 11.6 Å². The summed E-state index contributed by atoms with van der Waals surface area (Å²) >= 11 is 5.61. The van der Waals surface area contributed by atoms with Gasteiger partial charge in [-0.1, -0.05) is 11.6 Å². The van der Waals surface area contributed by atoms with Gasteiger partial charge in [-0.3, -0.25) is 0 Å². The molecule has 0 atom stereocenters. The minimum atomic E-state index is -0.849. The second kappa shape index (κ2) is 5.25. The van der Waals surface area contributed by atoms with Gasteiger partial charge in [-0.2, -0.15) is 5.48 Å². The van der Waals surface area contributed by atoms with E-state index in [1.807, 2.05) is 0 Å². The second-order valence-electron chi connectivity index (χ2n) is 2.69. The SMILES string of the molecule is CONCc1c(F)cc(OC)c(Cl)c1F. The first kappa shape index (κ1) is 12.2. The van der Waals surface area contributed by atoms with E-state index in [-0.39, 0.29) is 22.9 Å². The number of ether oxygens (including phenoxy) is 1. The predicted molar refractivity (Wildman–Crippen MR) is 51.8 cm³/mol. The fraction of sp³-hybridized carbons (Fsp3) is 0.333. The van der Waals surface area contributed by atoms with Crippen LogP contribution in [0.4, 0.5) is 8.78 Å². The van der Waals surface area contributed by atoms with Crippen LogP contribution in [0.1, 0.15) is 5.56 Å². The van der Waals surface area contributed by atoms with Crippen molar-refractivity contribution in [2.24, 2.45) is 0 Å². The van der Waals surface area contributed by atoms with E-state index in [1.54, 1.807) is 0 Å². The lowest BCUT2D eigenvalue weighted by Crippen LogP contribution is -2.14.